The Labute approximate surface area is 126 Å². The molecule has 0 aliphatic carbocycles. The first-order valence-corrected chi connectivity index (χ1v) is 6.92. The van der Waals surface area contributed by atoms with E-state index in [1.165, 1.54) is 10.6 Å². The maximum Gasteiger partial charge on any atom is 0.422 e. The summed E-state index contributed by atoms with van der Waals surface area (Å²) in [7, 11) is 0. The lowest BCUT2D eigenvalue weighted by molar-refractivity contribution is 0.424. The number of para-hydroxylation sites is 1. The minimum Gasteiger partial charge on any atom is -0.372 e. The van der Waals surface area contributed by atoms with Crippen molar-refractivity contribution in [3.05, 3.63) is 79.3 Å². The molecule has 1 heterocycles. The zero-order chi connectivity index (χ0) is 15.0. The second-order valence-corrected chi connectivity index (χ2v) is 5.36. The molecule has 0 saturated heterocycles. The molecule has 3 aromatic rings. The van der Waals surface area contributed by atoms with E-state index in [9.17, 15) is 14.0 Å². The van der Waals surface area contributed by atoms with Crippen molar-refractivity contribution in [3.8, 4) is 0 Å². The summed E-state index contributed by atoms with van der Waals surface area (Å²) in [5.41, 5.74) is 0.538. The summed E-state index contributed by atoms with van der Waals surface area (Å²) in [4.78, 5) is 23.6. The van der Waals surface area contributed by atoms with Crippen LogP contribution >= 0.6 is 15.9 Å². The normalized spacial score (nSPS) is 11.0. The van der Waals surface area contributed by atoms with Crippen molar-refractivity contribution >= 4 is 26.8 Å². The molecular formula is C15H9BrFNO3. The average molecular weight is 350 g/mol. The molecule has 0 unspecified atom stereocenters. The average Bonchev–Trinajstić information content (AvgIpc) is 2.47. The molecule has 6 heteroatoms. The Kier molecular flexibility index (Phi) is 3.47. The van der Waals surface area contributed by atoms with E-state index in [1.54, 1.807) is 36.4 Å². The fraction of sp³-hybridized carbons (Fsp3) is 0.0667. The number of aromatic nitrogens is 1. The van der Waals surface area contributed by atoms with Crippen LogP contribution < -0.4 is 11.4 Å². The van der Waals surface area contributed by atoms with Crippen molar-refractivity contribution in [1.29, 1.82) is 0 Å². The van der Waals surface area contributed by atoms with Gasteiger partial charge in [0, 0.05) is 0 Å². The van der Waals surface area contributed by atoms with E-state index in [4.69, 9.17) is 4.42 Å². The molecule has 2 aromatic carbocycles. The fourth-order valence-corrected chi connectivity index (χ4v) is 2.57. The number of hydrogen-bond donors (Lipinski definition) is 0. The topological polar surface area (TPSA) is 52.2 Å². The van der Waals surface area contributed by atoms with Gasteiger partial charge in [0.15, 0.2) is 0 Å². The molecule has 106 valence electrons. The lowest BCUT2D eigenvalue weighted by Crippen LogP contribution is -2.25. The third-order valence-corrected chi connectivity index (χ3v) is 3.75. The zero-order valence-electron chi connectivity index (χ0n) is 10.7. The molecule has 0 aliphatic heterocycles. The highest BCUT2D eigenvalue weighted by Gasteiger charge is 2.10. The predicted molar refractivity (Wildman–Crippen MR) is 79.9 cm³/mol. The summed E-state index contributed by atoms with van der Waals surface area (Å²) in [5, 5.41) is 0.332. The molecule has 0 N–H and O–H groups in total. The van der Waals surface area contributed by atoms with Gasteiger partial charge in [-0.15, -0.1) is 0 Å². The lowest BCUT2D eigenvalue weighted by Gasteiger charge is -2.09. The summed E-state index contributed by atoms with van der Waals surface area (Å²) >= 11 is 3.10. The number of benzene rings is 2. The molecule has 1 aromatic heterocycles. The number of hydrogen-bond acceptors (Lipinski definition) is 3. The van der Waals surface area contributed by atoms with Gasteiger partial charge in [-0.3, -0.25) is 4.57 Å². The van der Waals surface area contributed by atoms with Crippen LogP contribution in [0.2, 0.25) is 0 Å². The number of fused-ring (bicyclic) bond motifs is 1. The van der Waals surface area contributed by atoms with E-state index in [0.29, 0.717) is 20.9 Å². The third-order valence-electron chi connectivity index (χ3n) is 3.14. The Morgan fingerprint density at radius 2 is 1.90 bits per heavy atom. The minimum atomic E-state index is -0.737. The van der Waals surface area contributed by atoms with Gasteiger partial charge in [-0.05, 0) is 45.8 Å². The highest BCUT2D eigenvalue weighted by Crippen LogP contribution is 2.18. The van der Waals surface area contributed by atoms with Gasteiger partial charge >= 0.3 is 11.4 Å². The molecule has 0 radical (unpaired) electrons. The summed E-state index contributed by atoms with van der Waals surface area (Å²) in [6.45, 7) is 0.183. The maximum absolute atomic E-state index is 13.2. The highest BCUT2D eigenvalue weighted by molar-refractivity contribution is 9.10. The maximum atomic E-state index is 13.2. The Bertz CT molecular complexity index is 946. The lowest BCUT2D eigenvalue weighted by atomic mass is 10.2. The Morgan fingerprint density at radius 1 is 1.14 bits per heavy atom. The first kappa shape index (κ1) is 13.8. The van der Waals surface area contributed by atoms with Crippen LogP contribution in [-0.4, -0.2) is 4.57 Å². The van der Waals surface area contributed by atoms with E-state index in [1.807, 2.05) is 0 Å². The van der Waals surface area contributed by atoms with E-state index >= 15 is 0 Å². The summed E-state index contributed by atoms with van der Waals surface area (Å²) in [6, 6.07) is 11.2. The van der Waals surface area contributed by atoms with E-state index in [2.05, 4.69) is 15.9 Å². The minimum absolute atomic E-state index is 0.183. The van der Waals surface area contributed by atoms with E-state index in [-0.39, 0.29) is 12.4 Å². The fourth-order valence-electron chi connectivity index (χ4n) is 2.14. The summed E-state index contributed by atoms with van der Waals surface area (Å²) < 4.78 is 19.6. The molecule has 0 aliphatic rings. The largest absolute Gasteiger partial charge is 0.422 e. The van der Waals surface area contributed by atoms with Gasteiger partial charge in [-0.1, -0.05) is 18.2 Å². The van der Waals surface area contributed by atoms with Crippen molar-refractivity contribution in [2.45, 2.75) is 6.54 Å². The van der Waals surface area contributed by atoms with E-state index in [0.717, 1.165) is 0 Å². The van der Waals surface area contributed by atoms with Crippen molar-refractivity contribution in [1.82, 2.24) is 4.57 Å². The van der Waals surface area contributed by atoms with Crippen LogP contribution in [0.4, 0.5) is 4.39 Å². The highest BCUT2D eigenvalue weighted by atomic mass is 79.9. The molecule has 0 bridgehead atoms. The number of rotatable bonds is 2. The SMILES string of the molecule is O=c1oc(=O)n(Cc2ccc(F)c(Br)c2)c2ccccc12. The van der Waals surface area contributed by atoms with Crippen molar-refractivity contribution in [3.63, 3.8) is 0 Å². The monoisotopic (exact) mass is 349 g/mol. The van der Waals surface area contributed by atoms with Crippen molar-refractivity contribution in [2.24, 2.45) is 0 Å². The van der Waals surface area contributed by atoms with E-state index < -0.39 is 11.4 Å². The second-order valence-electron chi connectivity index (χ2n) is 4.51. The second kappa shape index (κ2) is 5.29. The van der Waals surface area contributed by atoms with Crippen LogP contribution in [0.1, 0.15) is 5.56 Å². The van der Waals surface area contributed by atoms with Crippen LogP contribution in [0.25, 0.3) is 10.9 Å². The van der Waals surface area contributed by atoms with Crippen molar-refractivity contribution in [2.75, 3.05) is 0 Å². The predicted octanol–water partition coefficient (Wildman–Crippen LogP) is 2.90. The van der Waals surface area contributed by atoms with Gasteiger partial charge in [0.05, 0.1) is 21.9 Å². The van der Waals surface area contributed by atoms with Crippen LogP contribution in [0.5, 0.6) is 0 Å². The standard InChI is InChI=1S/C15H9BrFNO3/c16-11-7-9(5-6-12(11)17)8-18-13-4-2-1-3-10(13)14(19)21-15(18)20/h1-7H,8H2. The Hall–Kier alpha value is -2.21. The van der Waals surface area contributed by atoms with Crippen LogP contribution in [0.15, 0.2) is 60.9 Å². The third kappa shape index (κ3) is 2.54. The zero-order valence-corrected chi connectivity index (χ0v) is 12.3. The van der Waals surface area contributed by atoms with Gasteiger partial charge in [-0.25, -0.2) is 14.0 Å². The first-order valence-electron chi connectivity index (χ1n) is 6.13. The molecular weight excluding hydrogens is 341 g/mol. The molecule has 4 nitrogen and oxygen atoms in total. The molecule has 3 rings (SSSR count). The Balaban J connectivity index is 2.18. The quantitative estimate of drug-likeness (QED) is 0.714. The van der Waals surface area contributed by atoms with Gasteiger partial charge < -0.3 is 4.42 Å². The molecule has 0 atom stereocenters. The summed E-state index contributed by atoms with van der Waals surface area (Å²) in [6.07, 6.45) is 0. The van der Waals surface area contributed by atoms with Crippen LogP contribution in [0.3, 0.4) is 0 Å². The smallest absolute Gasteiger partial charge is 0.372 e. The van der Waals surface area contributed by atoms with Gasteiger partial charge in [0.1, 0.15) is 5.82 Å². The van der Waals surface area contributed by atoms with Gasteiger partial charge in [0.2, 0.25) is 0 Å². The molecule has 0 spiro atoms. The van der Waals surface area contributed by atoms with Gasteiger partial charge in [-0.2, -0.15) is 0 Å². The molecule has 0 saturated carbocycles. The molecule has 0 fully saturated rings. The number of halogens is 2. The number of nitrogens with zero attached hydrogens (tertiary/aromatic N) is 1. The van der Waals surface area contributed by atoms with Crippen LogP contribution in [-0.2, 0) is 6.54 Å². The molecule has 21 heavy (non-hydrogen) atoms. The molecule has 0 amide bonds. The summed E-state index contributed by atoms with van der Waals surface area (Å²) in [5.74, 6) is -1.12. The van der Waals surface area contributed by atoms with Crippen molar-refractivity contribution < 1.29 is 8.81 Å². The van der Waals surface area contributed by atoms with Gasteiger partial charge in [0.25, 0.3) is 0 Å². The van der Waals surface area contributed by atoms with Crippen LogP contribution in [0, 0.1) is 5.82 Å². The first-order chi connectivity index (χ1) is 10.1. The Morgan fingerprint density at radius 3 is 2.67 bits per heavy atom.